The lowest BCUT2D eigenvalue weighted by Gasteiger charge is -2.24. The molecule has 1 heterocycles. The summed E-state index contributed by atoms with van der Waals surface area (Å²) in [6.45, 7) is 3.34. The Labute approximate surface area is 162 Å². The highest BCUT2D eigenvalue weighted by Crippen LogP contribution is 2.18. The van der Waals surface area contributed by atoms with Gasteiger partial charge in [-0.2, -0.15) is 17.5 Å². The smallest absolute Gasteiger partial charge is 0.332 e. The second kappa shape index (κ2) is 10.1. The van der Waals surface area contributed by atoms with E-state index in [9.17, 15) is 31.2 Å². The molecule has 0 saturated heterocycles. The molecule has 0 unspecified atom stereocenters. The van der Waals surface area contributed by atoms with E-state index in [-0.39, 0.29) is 24.5 Å². The summed E-state index contributed by atoms with van der Waals surface area (Å²) in [5, 5.41) is 0. The van der Waals surface area contributed by atoms with Gasteiger partial charge >= 0.3 is 6.18 Å². The van der Waals surface area contributed by atoms with Gasteiger partial charge in [0.25, 0.3) is 5.56 Å². The Morgan fingerprint density at radius 3 is 2.25 bits per heavy atom. The number of aromatic nitrogens is 1. The first-order valence-corrected chi connectivity index (χ1v) is 10.4. The molecule has 0 saturated carbocycles. The number of pyridine rings is 1. The molecule has 160 valence electrons. The van der Waals surface area contributed by atoms with Crippen LogP contribution in [0.2, 0.25) is 0 Å². The zero-order valence-electron chi connectivity index (χ0n) is 16.2. The van der Waals surface area contributed by atoms with Crippen LogP contribution in [0.25, 0.3) is 0 Å². The third kappa shape index (κ3) is 6.62. The average Bonchev–Trinajstić information content (AvgIpc) is 2.60. The topological polar surface area (TPSA) is 79.7 Å². The summed E-state index contributed by atoms with van der Waals surface area (Å²) in [7, 11) is -3.87. The van der Waals surface area contributed by atoms with Crippen molar-refractivity contribution in [3.8, 4) is 0 Å². The molecule has 0 aliphatic heterocycles. The van der Waals surface area contributed by atoms with Crippen molar-refractivity contribution in [3.05, 3.63) is 28.7 Å². The van der Waals surface area contributed by atoms with Gasteiger partial charge in [-0.15, -0.1) is 0 Å². The maximum Gasteiger partial charge on any atom is 0.406 e. The van der Waals surface area contributed by atoms with Crippen LogP contribution >= 0.6 is 0 Å². The van der Waals surface area contributed by atoms with Crippen LogP contribution in [-0.4, -0.2) is 60.5 Å². The van der Waals surface area contributed by atoms with E-state index < -0.39 is 40.8 Å². The number of alkyl halides is 3. The standard InChI is InChI=1S/C17H26F3N3O4S/c1-4-7-10-21(13-17(18,19)20)16(25)12-22-11-14(8-9-15(22)24)28(26,27)23(5-2)6-3/h8-9,11H,4-7,10,12-13H2,1-3H3. The van der Waals surface area contributed by atoms with Gasteiger partial charge in [-0.3, -0.25) is 9.59 Å². The number of carbonyl (C=O) groups excluding carboxylic acids is 1. The van der Waals surface area contributed by atoms with Gasteiger partial charge in [-0.1, -0.05) is 27.2 Å². The highest BCUT2D eigenvalue weighted by molar-refractivity contribution is 7.89. The molecule has 0 radical (unpaired) electrons. The fourth-order valence-electron chi connectivity index (χ4n) is 2.60. The van der Waals surface area contributed by atoms with Crippen LogP contribution in [0, 0.1) is 0 Å². The molecule has 0 N–H and O–H groups in total. The van der Waals surface area contributed by atoms with Crippen LogP contribution in [0.1, 0.15) is 33.6 Å². The third-order valence-electron chi connectivity index (χ3n) is 4.11. The summed E-state index contributed by atoms with van der Waals surface area (Å²) in [6.07, 6.45) is -2.59. The van der Waals surface area contributed by atoms with Gasteiger partial charge < -0.3 is 9.47 Å². The van der Waals surface area contributed by atoms with Crippen LogP contribution in [0.3, 0.4) is 0 Å². The molecule has 1 aromatic heterocycles. The number of hydrogen-bond acceptors (Lipinski definition) is 4. The van der Waals surface area contributed by atoms with E-state index in [1.54, 1.807) is 20.8 Å². The van der Waals surface area contributed by atoms with Crippen molar-refractivity contribution in [2.24, 2.45) is 0 Å². The van der Waals surface area contributed by atoms with Crippen molar-refractivity contribution >= 4 is 15.9 Å². The van der Waals surface area contributed by atoms with Crippen molar-refractivity contribution < 1.29 is 26.4 Å². The van der Waals surface area contributed by atoms with Gasteiger partial charge in [0.1, 0.15) is 13.1 Å². The van der Waals surface area contributed by atoms with Gasteiger partial charge in [0.15, 0.2) is 0 Å². The molecule has 7 nitrogen and oxygen atoms in total. The van der Waals surface area contributed by atoms with Crippen molar-refractivity contribution in [1.82, 2.24) is 13.8 Å². The zero-order chi connectivity index (χ0) is 21.5. The Morgan fingerprint density at radius 1 is 1.14 bits per heavy atom. The minimum absolute atomic E-state index is 0.0962. The van der Waals surface area contributed by atoms with Gasteiger partial charge in [0.05, 0.1) is 4.90 Å². The number of amides is 1. The summed E-state index contributed by atoms with van der Waals surface area (Å²) in [4.78, 5) is 24.8. The Morgan fingerprint density at radius 2 is 1.75 bits per heavy atom. The summed E-state index contributed by atoms with van der Waals surface area (Å²) < 4.78 is 65.4. The molecule has 1 amide bonds. The lowest BCUT2D eigenvalue weighted by atomic mass is 10.3. The number of hydrogen-bond donors (Lipinski definition) is 0. The molecule has 28 heavy (non-hydrogen) atoms. The molecular formula is C17H26F3N3O4S. The lowest BCUT2D eigenvalue weighted by molar-refractivity contribution is -0.161. The number of sulfonamides is 1. The quantitative estimate of drug-likeness (QED) is 0.575. The van der Waals surface area contributed by atoms with Gasteiger partial charge in [0, 0.05) is 31.9 Å². The highest BCUT2D eigenvalue weighted by atomic mass is 32.2. The number of carbonyl (C=O) groups is 1. The molecule has 0 spiro atoms. The number of halogens is 3. The fourth-order valence-corrected chi connectivity index (χ4v) is 4.08. The first-order chi connectivity index (χ1) is 13.0. The number of unbranched alkanes of at least 4 members (excludes halogenated alkanes) is 1. The molecule has 0 fully saturated rings. The summed E-state index contributed by atoms with van der Waals surface area (Å²) in [5.41, 5.74) is -0.672. The van der Waals surface area contributed by atoms with Crippen LogP contribution in [0.5, 0.6) is 0 Å². The largest absolute Gasteiger partial charge is 0.406 e. The SMILES string of the molecule is CCCCN(CC(F)(F)F)C(=O)Cn1cc(S(=O)(=O)N(CC)CC)ccc1=O. The first-order valence-electron chi connectivity index (χ1n) is 9.01. The van der Waals surface area contributed by atoms with Gasteiger partial charge in [0.2, 0.25) is 15.9 Å². The van der Waals surface area contributed by atoms with E-state index in [4.69, 9.17) is 0 Å². The molecule has 11 heteroatoms. The van der Waals surface area contributed by atoms with E-state index >= 15 is 0 Å². The van der Waals surface area contributed by atoms with Crippen molar-refractivity contribution in [1.29, 1.82) is 0 Å². The summed E-state index contributed by atoms with van der Waals surface area (Å²) in [6, 6.07) is 2.12. The molecule has 0 aliphatic rings. The Balaban J connectivity index is 3.16. The van der Waals surface area contributed by atoms with E-state index in [0.29, 0.717) is 17.7 Å². The number of rotatable bonds is 10. The van der Waals surface area contributed by atoms with Crippen molar-refractivity contribution in [2.75, 3.05) is 26.2 Å². The molecule has 0 aromatic carbocycles. The van der Waals surface area contributed by atoms with Crippen LogP contribution in [0.4, 0.5) is 13.2 Å². The number of nitrogens with zero attached hydrogens (tertiary/aromatic N) is 3. The van der Waals surface area contributed by atoms with Gasteiger partial charge in [-0.25, -0.2) is 8.42 Å². The average molecular weight is 425 g/mol. The summed E-state index contributed by atoms with van der Waals surface area (Å²) >= 11 is 0. The van der Waals surface area contributed by atoms with Crippen LogP contribution < -0.4 is 5.56 Å². The normalized spacial score (nSPS) is 12.4. The predicted molar refractivity (Wildman–Crippen MR) is 98.4 cm³/mol. The lowest BCUT2D eigenvalue weighted by Crippen LogP contribution is -2.42. The Hall–Kier alpha value is -1.88. The minimum atomic E-state index is -4.57. The van der Waals surface area contributed by atoms with Crippen LogP contribution in [-0.2, 0) is 21.4 Å². The molecule has 0 bridgehead atoms. The maximum absolute atomic E-state index is 12.8. The van der Waals surface area contributed by atoms with Crippen molar-refractivity contribution in [3.63, 3.8) is 0 Å². The molecule has 0 aliphatic carbocycles. The zero-order valence-corrected chi connectivity index (χ0v) is 17.0. The van der Waals surface area contributed by atoms with E-state index in [1.165, 1.54) is 4.31 Å². The first kappa shape index (κ1) is 24.2. The van der Waals surface area contributed by atoms with E-state index in [1.807, 2.05) is 0 Å². The Bertz CT molecular complexity index is 818. The minimum Gasteiger partial charge on any atom is -0.332 e. The summed E-state index contributed by atoms with van der Waals surface area (Å²) in [5.74, 6) is -0.898. The predicted octanol–water partition coefficient (Wildman–Crippen LogP) is 2.07. The van der Waals surface area contributed by atoms with Gasteiger partial charge in [-0.05, 0) is 12.5 Å². The molecule has 1 aromatic rings. The van der Waals surface area contributed by atoms with Crippen molar-refractivity contribution in [2.45, 2.75) is 51.2 Å². The molecule has 1 rings (SSSR count). The van der Waals surface area contributed by atoms with E-state index in [2.05, 4.69) is 0 Å². The molecular weight excluding hydrogens is 399 g/mol. The van der Waals surface area contributed by atoms with E-state index in [0.717, 1.165) is 22.9 Å². The fraction of sp³-hybridized carbons (Fsp3) is 0.647. The monoisotopic (exact) mass is 425 g/mol. The van der Waals surface area contributed by atoms with Crippen LogP contribution in [0.15, 0.2) is 28.0 Å². The maximum atomic E-state index is 12.8. The Kier molecular flexibility index (Phi) is 8.68. The highest BCUT2D eigenvalue weighted by Gasteiger charge is 2.33. The molecule has 0 atom stereocenters. The second-order valence-electron chi connectivity index (χ2n) is 6.20. The third-order valence-corrected chi connectivity index (χ3v) is 6.14. The second-order valence-corrected chi connectivity index (χ2v) is 8.14.